The van der Waals surface area contributed by atoms with Crippen molar-refractivity contribution < 1.29 is 14.3 Å². The summed E-state index contributed by atoms with van der Waals surface area (Å²) in [5.41, 5.74) is 3.70. The summed E-state index contributed by atoms with van der Waals surface area (Å²) in [6, 6.07) is 15.1. The number of rotatable bonds is 3. The van der Waals surface area contributed by atoms with Crippen LogP contribution in [0.25, 0.3) is 0 Å². The highest BCUT2D eigenvalue weighted by atomic mass is 16.5. The molecule has 29 heavy (non-hydrogen) atoms. The molecular weight excluding hydrogens is 364 g/mol. The number of fused-ring (bicyclic) bond motifs is 2. The van der Waals surface area contributed by atoms with Crippen LogP contribution < -0.4 is 14.4 Å². The minimum atomic E-state index is 0.118. The summed E-state index contributed by atoms with van der Waals surface area (Å²) in [4.78, 5) is 17.6. The van der Waals surface area contributed by atoms with Gasteiger partial charge in [0.1, 0.15) is 0 Å². The largest absolute Gasteiger partial charge is 0.490 e. The van der Waals surface area contributed by atoms with Crippen molar-refractivity contribution in [1.82, 2.24) is 4.90 Å². The first-order valence-corrected chi connectivity index (χ1v) is 10.7. The van der Waals surface area contributed by atoms with Crippen molar-refractivity contribution in [3.8, 4) is 11.5 Å². The van der Waals surface area contributed by atoms with Gasteiger partial charge in [-0.1, -0.05) is 24.3 Å². The highest BCUT2D eigenvalue weighted by molar-refractivity contribution is 5.83. The third kappa shape index (κ3) is 3.43. The van der Waals surface area contributed by atoms with Gasteiger partial charge < -0.3 is 19.3 Å². The lowest BCUT2D eigenvalue weighted by Crippen LogP contribution is -2.42. The van der Waals surface area contributed by atoms with Gasteiger partial charge in [-0.2, -0.15) is 0 Å². The van der Waals surface area contributed by atoms with E-state index in [4.69, 9.17) is 9.47 Å². The van der Waals surface area contributed by atoms with Gasteiger partial charge in [-0.15, -0.1) is 0 Å². The van der Waals surface area contributed by atoms with Gasteiger partial charge in [0.25, 0.3) is 0 Å². The number of para-hydroxylation sites is 1. The van der Waals surface area contributed by atoms with Crippen LogP contribution in [0, 0.1) is 0 Å². The molecule has 0 radical (unpaired) electrons. The van der Waals surface area contributed by atoms with Crippen LogP contribution >= 0.6 is 0 Å². The van der Waals surface area contributed by atoms with E-state index in [2.05, 4.69) is 53.1 Å². The average Bonchev–Trinajstić information content (AvgIpc) is 3.26. The fourth-order valence-corrected chi connectivity index (χ4v) is 4.91. The molecular formula is C24H28N2O3. The van der Waals surface area contributed by atoms with Crippen LogP contribution in [0.3, 0.4) is 0 Å². The van der Waals surface area contributed by atoms with Crippen molar-refractivity contribution in [3.05, 3.63) is 53.6 Å². The zero-order valence-corrected chi connectivity index (χ0v) is 17.0. The normalized spacial score (nSPS) is 23.1. The van der Waals surface area contributed by atoms with E-state index < -0.39 is 0 Å². The van der Waals surface area contributed by atoms with Gasteiger partial charge in [-0.3, -0.25) is 4.79 Å². The van der Waals surface area contributed by atoms with Crippen LogP contribution in [-0.2, 0) is 11.2 Å². The molecule has 0 bridgehead atoms. The van der Waals surface area contributed by atoms with Gasteiger partial charge in [0.05, 0.1) is 25.8 Å². The molecule has 1 fully saturated rings. The predicted octanol–water partition coefficient (Wildman–Crippen LogP) is 3.96. The Morgan fingerprint density at radius 2 is 1.90 bits per heavy atom. The summed E-state index contributed by atoms with van der Waals surface area (Å²) in [5, 5.41) is 0. The molecule has 2 atom stereocenters. The molecule has 3 aliphatic rings. The molecule has 0 unspecified atom stereocenters. The predicted molar refractivity (Wildman–Crippen MR) is 113 cm³/mol. The quantitative estimate of drug-likeness (QED) is 0.793. The van der Waals surface area contributed by atoms with Gasteiger partial charge in [0.2, 0.25) is 5.91 Å². The third-order valence-corrected chi connectivity index (χ3v) is 6.38. The van der Waals surface area contributed by atoms with Crippen LogP contribution in [0.4, 0.5) is 5.69 Å². The number of anilines is 1. The number of hydrogen-bond acceptors (Lipinski definition) is 4. The Labute approximate surface area is 172 Å². The summed E-state index contributed by atoms with van der Waals surface area (Å²) in [7, 11) is 0. The van der Waals surface area contributed by atoms with Crippen LogP contribution in [0.1, 0.15) is 43.4 Å². The molecule has 1 saturated heterocycles. The monoisotopic (exact) mass is 392 g/mol. The van der Waals surface area contributed by atoms with Crippen LogP contribution in [0.2, 0.25) is 0 Å². The van der Waals surface area contributed by atoms with E-state index in [1.54, 1.807) is 0 Å². The third-order valence-electron chi connectivity index (χ3n) is 6.38. The second-order valence-electron chi connectivity index (χ2n) is 8.31. The molecule has 1 amide bonds. The molecule has 5 heteroatoms. The summed E-state index contributed by atoms with van der Waals surface area (Å²) < 4.78 is 11.6. The Morgan fingerprint density at radius 1 is 1.07 bits per heavy atom. The smallest absolute Gasteiger partial charge is 0.242 e. The number of nitrogens with zero attached hydrogens (tertiary/aromatic N) is 2. The molecule has 0 aromatic heterocycles. The van der Waals surface area contributed by atoms with Crippen LogP contribution in [0.5, 0.6) is 11.5 Å². The molecule has 5 rings (SSSR count). The van der Waals surface area contributed by atoms with Crippen molar-refractivity contribution >= 4 is 11.6 Å². The van der Waals surface area contributed by atoms with Crippen molar-refractivity contribution in [2.24, 2.45) is 0 Å². The number of amides is 1. The second kappa shape index (κ2) is 7.62. The zero-order chi connectivity index (χ0) is 19.8. The first-order chi connectivity index (χ1) is 14.2. The van der Waals surface area contributed by atoms with Crippen LogP contribution in [0.15, 0.2) is 42.5 Å². The summed E-state index contributed by atoms with van der Waals surface area (Å²) >= 11 is 0. The number of ether oxygens (including phenoxy) is 2. The molecule has 3 aliphatic heterocycles. The van der Waals surface area contributed by atoms with Crippen LogP contribution in [-0.4, -0.2) is 43.2 Å². The van der Waals surface area contributed by atoms with Gasteiger partial charge in [-0.05, 0) is 55.5 Å². The summed E-state index contributed by atoms with van der Waals surface area (Å²) in [5.74, 6) is 1.83. The second-order valence-corrected chi connectivity index (χ2v) is 8.31. The van der Waals surface area contributed by atoms with E-state index in [0.717, 1.165) is 49.3 Å². The maximum absolute atomic E-state index is 13.3. The van der Waals surface area contributed by atoms with Crippen molar-refractivity contribution in [3.63, 3.8) is 0 Å². The topological polar surface area (TPSA) is 42.0 Å². The van der Waals surface area contributed by atoms with E-state index in [1.807, 2.05) is 6.07 Å². The van der Waals surface area contributed by atoms with E-state index in [-0.39, 0.29) is 11.9 Å². The fourth-order valence-electron chi connectivity index (χ4n) is 4.91. The maximum atomic E-state index is 13.3. The van der Waals surface area contributed by atoms with E-state index in [0.29, 0.717) is 25.8 Å². The van der Waals surface area contributed by atoms with Crippen molar-refractivity contribution in [2.45, 2.75) is 44.7 Å². The van der Waals surface area contributed by atoms with Gasteiger partial charge in [-0.25, -0.2) is 0 Å². The summed E-state index contributed by atoms with van der Waals surface area (Å²) in [6.07, 6.45) is 3.94. The molecule has 0 spiro atoms. The Balaban J connectivity index is 1.35. The minimum absolute atomic E-state index is 0.118. The Bertz CT molecular complexity index is 913. The highest BCUT2D eigenvalue weighted by Gasteiger charge is 2.34. The lowest BCUT2D eigenvalue weighted by atomic mass is 10.0. The number of carbonyl (C=O) groups excluding carboxylic acids is 1. The molecule has 0 saturated carbocycles. The van der Waals surface area contributed by atoms with Gasteiger partial charge in [0.15, 0.2) is 11.5 Å². The average molecular weight is 392 g/mol. The van der Waals surface area contributed by atoms with E-state index in [9.17, 15) is 4.79 Å². The Kier molecular flexibility index (Phi) is 4.82. The van der Waals surface area contributed by atoms with Crippen molar-refractivity contribution in [2.75, 3.05) is 31.2 Å². The lowest BCUT2D eigenvalue weighted by Gasteiger charge is -2.30. The van der Waals surface area contributed by atoms with E-state index >= 15 is 0 Å². The minimum Gasteiger partial charge on any atom is -0.490 e. The molecule has 0 aliphatic carbocycles. The van der Waals surface area contributed by atoms with Gasteiger partial charge in [0, 0.05) is 24.7 Å². The number of benzene rings is 2. The molecule has 2 aromatic rings. The maximum Gasteiger partial charge on any atom is 0.242 e. The zero-order valence-electron chi connectivity index (χ0n) is 17.0. The molecule has 5 nitrogen and oxygen atoms in total. The first-order valence-electron chi connectivity index (χ1n) is 10.7. The fraction of sp³-hybridized carbons (Fsp3) is 0.458. The van der Waals surface area contributed by atoms with E-state index in [1.165, 1.54) is 11.3 Å². The highest BCUT2D eigenvalue weighted by Crippen LogP contribution is 2.38. The number of hydrogen-bond donors (Lipinski definition) is 0. The standard InChI is InChI=1S/C24H28N2O3/c1-17-14-18-6-2-3-7-21(18)26(17)16-24(27)25-11-4-8-20(25)19-9-10-22-23(15-19)29-13-5-12-28-22/h2-3,6-7,9-10,15,17,20H,4-5,8,11-14,16H2,1H3/t17-,20+/m0/s1. The first kappa shape index (κ1) is 18.3. The molecule has 152 valence electrons. The number of likely N-dealkylation sites (tertiary alicyclic amines) is 1. The molecule has 3 heterocycles. The van der Waals surface area contributed by atoms with Gasteiger partial charge >= 0.3 is 0 Å². The lowest BCUT2D eigenvalue weighted by molar-refractivity contribution is -0.130. The summed E-state index contributed by atoms with van der Waals surface area (Å²) in [6.45, 7) is 4.84. The Hall–Kier alpha value is -2.69. The molecule has 2 aromatic carbocycles. The van der Waals surface area contributed by atoms with Crippen molar-refractivity contribution in [1.29, 1.82) is 0 Å². The SMILES string of the molecule is C[C@H]1Cc2ccccc2N1CC(=O)N1CCC[C@@H]1c1ccc2c(c1)OCCCO2. The number of carbonyl (C=O) groups is 1. The Morgan fingerprint density at radius 3 is 2.79 bits per heavy atom. The molecule has 0 N–H and O–H groups in total.